The second-order valence-electron chi connectivity index (χ2n) is 2.66. The highest BCUT2D eigenvalue weighted by molar-refractivity contribution is 5.64. The number of anilines is 1. The molecule has 0 aliphatic carbocycles. The Labute approximate surface area is 75.0 Å². The molecule has 0 aromatic heterocycles. The van der Waals surface area contributed by atoms with E-state index in [0.717, 1.165) is 0 Å². The quantitative estimate of drug-likeness (QED) is 0.635. The smallest absolute Gasteiger partial charge is 0.184 e. The summed E-state index contributed by atoms with van der Waals surface area (Å²) in [4.78, 5) is 12.0. The van der Waals surface area contributed by atoms with Gasteiger partial charge in [0.25, 0.3) is 0 Å². The van der Waals surface area contributed by atoms with Crippen molar-refractivity contribution in [2.75, 3.05) is 12.3 Å². The van der Waals surface area contributed by atoms with Gasteiger partial charge in [0.1, 0.15) is 17.8 Å². The molecule has 0 aromatic rings. The minimum Gasteiger partial charge on any atom is -0.383 e. The average Bonchev–Trinajstić information content (AvgIpc) is 2.58. The van der Waals surface area contributed by atoms with Gasteiger partial charge in [-0.2, -0.15) is 0 Å². The molecule has 13 heavy (non-hydrogen) atoms. The summed E-state index contributed by atoms with van der Waals surface area (Å²) >= 11 is 0. The first-order valence-corrected chi connectivity index (χ1v) is 3.94. The van der Waals surface area contributed by atoms with Crippen LogP contribution in [0.5, 0.6) is 0 Å². The van der Waals surface area contributed by atoms with E-state index >= 15 is 0 Å². The summed E-state index contributed by atoms with van der Waals surface area (Å²) in [5.41, 5.74) is 11.9. The Kier molecular flexibility index (Phi) is 1.82. The first-order valence-electron chi connectivity index (χ1n) is 3.94. The van der Waals surface area contributed by atoms with Crippen LogP contribution in [0.15, 0.2) is 12.7 Å². The summed E-state index contributed by atoms with van der Waals surface area (Å²) in [6.07, 6.45) is 3.07. The molecule has 0 saturated carbocycles. The number of hydrogen-bond acceptors (Lipinski definition) is 5. The molecule has 6 nitrogen and oxygen atoms in total. The van der Waals surface area contributed by atoms with E-state index in [0.29, 0.717) is 30.4 Å². The molecule has 6 heteroatoms. The molecule has 0 radical (unpaired) electrons. The van der Waals surface area contributed by atoms with Crippen LogP contribution in [0.25, 0.3) is 11.5 Å². The number of nitrogens with two attached hydrogens (primary N) is 2. The van der Waals surface area contributed by atoms with Gasteiger partial charge < -0.3 is 16.0 Å². The average molecular weight is 178 g/mol. The molecule has 0 spiro atoms. The number of imidazole rings is 1. The van der Waals surface area contributed by atoms with Crippen molar-refractivity contribution in [3.8, 4) is 11.5 Å². The van der Waals surface area contributed by atoms with E-state index in [-0.39, 0.29) is 0 Å². The van der Waals surface area contributed by atoms with Crippen LogP contribution in [0, 0.1) is 0 Å². The van der Waals surface area contributed by atoms with Crippen molar-refractivity contribution < 1.29 is 0 Å². The lowest BCUT2D eigenvalue weighted by Gasteiger charge is -2.09. The summed E-state index contributed by atoms with van der Waals surface area (Å²) in [6, 6.07) is 0. The van der Waals surface area contributed by atoms with Crippen LogP contribution in [-0.4, -0.2) is 26.1 Å². The molecule has 4 N–H and O–H groups in total. The molecular formula is C7H10N6. The topological polar surface area (TPSA) is 95.6 Å². The van der Waals surface area contributed by atoms with Crippen molar-refractivity contribution >= 4 is 5.82 Å². The Morgan fingerprint density at radius 1 is 1.31 bits per heavy atom. The Hall–Kier alpha value is -1.69. The van der Waals surface area contributed by atoms with Crippen LogP contribution < -0.4 is 11.5 Å². The van der Waals surface area contributed by atoms with Crippen molar-refractivity contribution in [2.45, 2.75) is 6.54 Å². The summed E-state index contributed by atoms with van der Waals surface area (Å²) in [6.45, 7) is 1.16. The van der Waals surface area contributed by atoms with Gasteiger partial charge in [-0.3, -0.25) is 0 Å². The zero-order valence-corrected chi connectivity index (χ0v) is 7.01. The van der Waals surface area contributed by atoms with Crippen LogP contribution in [0.2, 0.25) is 0 Å². The Morgan fingerprint density at radius 3 is 2.92 bits per heavy atom. The van der Waals surface area contributed by atoms with Crippen LogP contribution in [-0.2, 0) is 6.54 Å². The zero-order chi connectivity index (χ0) is 9.26. The molecule has 0 fully saturated rings. The van der Waals surface area contributed by atoms with Crippen LogP contribution in [0.4, 0.5) is 5.82 Å². The highest BCUT2D eigenvalue weighted by Crippen LogP contribution is 2.20. The van der Waals surface area contributed by atoms with E-state index in [2.05, 4.69) is 15.0 Å². The number of fused-ring (bicyclic) bond motifs is 1. The van der Waals surface area contributed by atoms with Crippen LogP contribution in [0.1, 0.15) is 0 Å². The van der Waals surface area contributed by atoms with Gasteiger partial charge in [0, 0.05) is 13.1 Å². The van der Waals surface area contributed by atoms with Crippen LogP contribution in [0.3, 0.4) is 0 Å². The summed E-state index contributed by atoms with van der Waals surface area (Å²) in [7, 11) is 0. The van der Waals surface area contributed by atoms with Crippen molar-refractivity contribution in [1.29, 1.82) is 0 Å². The minimum atomic E-state index is 0.524. The Bertz CT molecular complexity index is 381. The van der Waals surface area contributed by atoms with E-state index in [1.54, 1.807) is 10.9 Å². The molecule has 2 rings (SSSR count). The van der Waals surface area contributed by atoms with Gasteiger partial charge in [-0.05, 0) is 0 Å². The lowest BCUT2D eigenvalue weighted by Crippen LogP contribution is -2.15. The van der Waals surface area contributed by atoms with Gasteiger partial charge in [-0.25, -0.2) is 15.0 Å². The molecule has 2 heterocycles. The van der Waals surface area contributed by atoms with Gasteiger partial charge in [0.05, 0.1) is 6.33 Å². The third-order valence-corrected chi connectivity index (χ3v) is 1.82. The maximum absolute atomic E-state index is 5.81. The summed E-state index contributed by atoms with van der Waals surface area (Å²) < 4.78 is 1.76. The van der Waals surface area contributed by atoms with Gasteiger partial charge in [0.15, 0.2) is 5.82 Å². The predicted molar refractivity (Wildman–Crippen MR) is 47.9 cm³/mol. The van der Waals surface area contributed by atoms with Gasteiger partial charge in [-0.1, -0.05) is 0 Å². The molecule has 0 bridgehead atoms. The van der Waals surface area contributed by atoms with E-state index in [1.807, 2.05) is 0 Å². The molecule has 0 unspecified atom stereocenters. The second kappa shape index (κ2) is 2.98. The van der Waals surface area contributed by atoms with E-state index < -0.39 is 0 Å². The van der Waals surface area contributed by atoms with E-state index in [4.69, 9.17) is 11.5 Å². The van der Waals surface area contributed by atoms with Crippen molar-refractivity contribution in [3.63, 3.8) is 0 Å². The maximum Gasteiger partial charge on any atom is 0.184 e. The molecule has 0 amide bonds. The van der Waals surface area contributed by atoms with Gasteiger partial charge >= 0.3 is 0 Å². The Morgan fingerprint density at radius 2 is 2.15 bits per heavy atom. The van der Waals surface area contributed by atoms with E-state index in [1.165, 1.54) is 6.33 Å². The van der Waals surface area contributed by atoms with Crippen molar-refractivity contribution in [2.24, 2.45) is 5.73 Å². The molecular weight excluding hydrogens is 168 g/mol. The fourth-order valence-corrected chi connectivity index (χ4v) is 1.18. The molecule has 0 atom stereocenters. The van der Waals surface area contributed by atoms with Gasteiger partial charge in [-0.15, -0.1) is 0 Å². The summed E-state index contributed by atoms with van der Waals surface area (Å²) in [5, 5.41) is 0. The SMILES string of the molecule is NCCn1cnc2ncnc-2c1N. The standard InChI is InChI=1S/C7H10N6/c8-1-2-13-4-12-7-5(6(13)9)10-3-11-7/h3-4H,1-2,8-9H2. The molecule has 2 aliphatic rings. The monoisotopic (exact) mass is 178 g/mol. The number of aromatic nitrogens is 4. The number of rotatable bonds is 2. The lowest BCUT2D eigenvalue weighted by atomic mass is 10.4. The Balaban J connectivity index is 2.53. The fraction of sp³-hybridized carbons (Fsp3) is 0.286. The molecule has 68 valence electrons. The fourth-order valence-electron chi connectivity index (χ4n) is 1.18. The minimum absolute atomic E-state index is 0.524. The summed E-state index contributed by atoms with van der Waals surface area (Å²) in [5.74, 6) is 1.14. The third kappa shape index (κ3) is 1.20. The van der Waals surface area contributed by atoms with Crippen molar-refractivity contribution in [1.82, 2.24) is 19.5 Å². The first kappa shape index (κ1) is 7.93. The zero-order valence-electron chi connectivity index (χ0n) is 7.01. The lowest BCUT2D eigenvalue weighted by molar-refractivity contribution is 0.697. The van der Waals surface area contributed by atoms with Crippen LogP contribution >= 0.6 is 0 Å². The second-order valence-corrected chi connectivity index (χ2v) is 2.66. The largest absolute Gasteiger partial charge is 0.383 e. The van der Waals surface area contributed by atoms with E-state index in [9.17, 15) is 0 Å². The molecule has 0 aromatic carbocycles. The molecule has 0 saturated heterocycles. The predicted octanol–water partition coefficient (Wildman–Crippen LogP) is -0.681. The molecule has 2 aliphatic heterocycles. The number of nitrogen functional groups attached to an aromatic ring is 1. The normalized spacial score (nSPS) is 10.8. The third-order valence-electron chi connectivity index (χ3n) is 1.82. The van der Waals surface area contributed by atoms with Crippen molar-refractivity contribution in [3.05, 3.63) is 12.7 Å². The van der Waals surface area contributed by atoms with Gasteiger partial charge in [0.2, 0.25) is 0 Å². The highest BCUT2D eigenvalue weighted by atomic mass is 15.1. The number of nitrogens with zero attached hydrogens (tertiary/aromatic N) is 4. The number of hydrogen-bond donors (Lipinski definition) is 2. The maximum atomic E-state index is 5.81. The first-order chi connectivity index (χ1) is 6.33. The highest BCUT2D eigenvalue weighted by Gasteiger charge is 2.12.